The number of nitrogens with two attached hydrogens (primary N) is 1. The van der Waals surface area contributed by atoms with Crippen LogP contribution in [0.3, 0.4) is 0 Å². The van der Waals surface area contributed by atoms with E-state index in [0.717, 1.165) is 0 Å². The van der Waals surface area contributed by atoms with Crippen LogP contribution in [-0.2, 0) is 4.74 Å². The number of likely N-dealkylation sites (tertiary alicyclic amines) is 1. The van der Waals surface area contributed by atoms with Crippen molar-refractivity contribution in [3.63, 3.8) is 0 Å². The molecule has 15 heavy (non-hydrogen) atoms. The smallest absolute Gasteiger partial charge is 0.410 e. The summed E-state index contributed by atoms with van der Waals surface area (Å²) in [5.41, 5.74) is 5.08. The summed E-state index contributed by atoms with van der Waals surface area (Å²) in [7, 11) is 0. The van der Waals surface area contributed by atoms with E-state index in [1.807, 2.05) is 0 Å². The van der Waals surface area contributed by atoms with Gasteiger partial charge in [0.25, 0.3) is 0 Å². The van der Waals surface area contributed by atoms with Gasteiger partial charge in [-0.2, -0.15) is 0 Å². The average molecular weight is 218 g/mol. The van der Waals surface area contributed by atoms with Gasteiger partial charge in [-0.25, -0.2) is 9.18 Å². The Kier molecular flexibility index (Phi) is 3.54. The molecule has 1 fully saturated rings. The maximum atomic E-state index is 13.1. The SMILES string of the molecule is CC(C)(C)OC(=O)N1CC(N)CC(F)C1. The van der Waals surface area contributed by atoms with Crippen molar-refractivity contribution < 1.29 is 13.9 Å². The highest BCUT2D eigenvalue weighted by Crippen LogP contribution is 2.16. The molecule has 1 rings (SSSR count). The molecular formula is C10H19FN2O2. The molecule has 88 valence electrons. The van der Waals surface area contributed by atoms with Crippen LogP contribution in [0.2, 0.25) is 0 Å². The first kappa shape index (κ1) is 12.2. The molecule has 5 heteroatoms. The first-order valence-electron chi connectivity index (χ1n) is 5.15. The summed E-state index contributed by atoms with van der Waals surface area (Å²) in [6.45, 7) is 5.79. The molecule has 1 heterocycles. The molecule has 0 aromatic carbocycles. The monoisotopic (exact) mass is 218 g/mol. The van der Waals surface area contributed by atoms with Crippen LogP contribution in [0.1, 0.15) is 27.2 Å². The van der Waals surface area contributed by atoms with Gasteiger partial charge in [0.2, 0.25) is 0 Å². The number of halogens is 1. The highest BCUT2D eigenvalue weighted by atomic mass is 19.1. The number of carbonyl (C=O) groups is 1. The molecule has 4 nitrogen and oxygen atoms in total. The molecule has 2 atom stereocenters. The van der Waals surface area contributed by atoms with Gasteiger partial charge in [0.15, 0.2) is 0 Å². The molecule has 0 spiro atoms. The zero-order valence-electron chi connectivity index (χ0n) is 9.50. The van der Waals surface area contributed by atoms with E-state index in [9.17, 15) is 9.18 Å². The van der Waals surface area contributed by atoms with Crippen LogP contribution in [0.15, 0.2) is 0 Å². The van der Waals surface area contributed by atoms with Crippen molar-refractivity contribution in [2.45, 2.75) is 45.0 Å². The van der Waals surface area contributed by atoms with Crippen LogP contribution < -0.4 is 5.73 Å². The van der Waals surface area contributed by atoms with Gasteiger partial charge < -0.3 is 15.4 Å². The molecule has 2 N–H and O–H groups in total. The summed E-state index contributed by atoms with van der Waals surface area (Å²) < 4.78 is 18.3. The third-order valence-electron chi connectivity index (χ3n) is 2.08. The standard InChI is InChI=1S/C10H19FN2O2/c1-10(2,3)15-9(14)13-5-7(11)4-8(12)6-13/h7-8H,4-6,12H2,1-3H3. The number of hydrogen-bond acceptors (Lipinski definition) is 3. The Bertz CT molecular complexity index is 230. The lowest BCUT2D eigenvalue weighted by atomic mass is 10.1. The fourth-order valence-electron chi connectivity index (χ4n) is 1.55. The lowest BCUT2D eigenvalue weighted by Crippen LogP contribution is -2.51. The predicted octanol–water partition coefficient (Wildman–Crippen LogP) is 1.29. The maximum Gasteiger partial charge on any atom is 0.410 e. The highest BCUT2D eigenvalue weighted by Gasteiger charge is 2.30. The summed E-state index contributed by atoms with van der Waals surface area (Å²) in [5, 5.41) is 0. The van der Waals surface area contributed by atoms with E-state index >= 15 is 0 Å². The number of alkyl halides is 1. The first-order valence-corrected chi connectivity index (χ1v) is 5.15. The topological polar surface area (TPSA) is 55.6 Å². The van der Waals surface area contributed by atoms with Crippen molar-refractivity contribution in [3.05, 3.63) is 0 Å². The number of rotatable bonds is 0. The molecule has 2 unspecified atom stereocenters. The van der Waals surface area contributed by atoms with Gasteiger partial charge in [-0.3, -0.25) is 0 Å². The molecule has 0 saturated carbocycles. The second-order valence-corrected chi connectivity index (χ2v) is 4.98. The van der Waals surface area contributed by atoms with E-state index in [1.54, 1.807) is 20.8 Å². The van der Waals surface area contributed by atoms with Crippen LogP contribution in [0, 0.1) is 0 Å². The quantitative estimate of drug-likeness (QED) is 0.666. The van der Waals surface area contributed by atoms with Gasteiger partial charge in [-0.1, -0.05) is 0 Å². The van der Waals surface area contributed by atoms with Crippen molar-refractivity contribution in [3.8, 4) is 0 Å². The Hall–Kier alpha value is -0.840. The Balaban J connectivity index is 2.52. The molecule has 0 radical (unpaired) electrons. The van der Waals surface area contributed by atoms with Crippen molar-refractivity contribution in [2.75, 3.05) is 13.1 Å². The number of ether oxygens (including phenoxy) is 1. The van der Waals surface area contributed by atoms with Gasteiger partial charge in [0.05, 0.1) is 6.54 Å². The minimum absolute atomic E-state index is 0.0859. The van der Waals surface area contributed by atoms with Crippen LogP contribution >= 0.6 is 0 Å². The van der Waals surface area contributed by atoms with E-state index in [1.165, 1.54) is 4.90 Å². The Labute approximate surface area is 89.6 Å². The molecule has 1 aliphatic heterocycles. The molecule has 0 aromatic rings. The van der Waals surface area contributed by atoms with E-state index in [4.69, 9.17) is 10.5 Å². The van der Waals surface area contributed by atoms with E-state index in [0.29, 0.717) is 13.0 Å². The Morgan fingerprint density at radius 3 is 2.53 bits per heavy atom. The van der Waals surface area contributed by atoms with Crippen molar-refractivity contribution in [1.29, 1.82) is 0 Å². The minimum Gasteiger partial charge on any atom is -0.444 e. The predicted molar refractivity (Wildman–Crippen MR) is 55.3 cm³/mol. The minimum atomic E-state index is -1.04. The zero-order chi connectivity index (χ0) is 11.6. The molecule has 0 aromatic heterocycles. The fourth-order valence-corrected chi connectivity index (χ4v) is 1.55. The van der Waals surface area contributed by atoms with Gasteiger partial charge in [0, 0.05) is 12.6 Å². The summed E-state index contributed by atoms with van der Waals surface area (Å²) in [6.07, 6.45) is -1.21. The van der Waals surface area contributed by atoms with E-state index in [-0.39, 0.29) is 12.6 Å². The van der Waals surface area contributed by atoms with Crippen LogP contribution in [-0.4, -0.2) is 41.9 Å². The summed E-state index contributed by atoms with van der Waals surface area (Å²) in [5.74, 6) is 0. The maximum absolute atomic E-state index is 13.1. The van der Waals surface area contributed by atoms with Gasteiger partial charge in [-0.15, -0.1) is 0 Å². The Morgan fingerprint density at radius 1 is 1.47 bits per heavy atom. The van der Waals surface area contributed by atoms with Crippen molar-refractivity contribution >= 4 is 6.09 Å². The van der Waals surface area contributed by atoms with Gasteiger partial charge in [-0.05, 0) is 27.2 Å². The second kappa shape index (κ2) is 4.35. The third kappa shape index (κ3) is 4.03. The summed E-state index contributed by atoms with van der Waals surface area (Å²) in [6, 6.07) is -0.290. The second-order valence-electron chi connectivity index (χ2n) is 4.98. The van der Waals surface area contributed by atoms with Gasteiger partial charge >= 0.3 is 6.09 Å². The van der Waals surface area contributed by atoms with E-state index in [2.05, 4.69) is 0 Å². The van der Waals surface area contributed by atoms with Crippen LogP contribution in [0.5, 0.6) is 0 Å². The molecule has 0 aliphatic carbocycles. The van der Waals surface area contributed by atoms with E-state index < -0.39 is 17.9 Å². The Morgan fingerprint density at radius 2 is 2.07 bits per heavy atom. The fraction of sp³-hybridized carbons (Fsp3) is 0.900. The third-order valence-corrected chi connectivity index (χ3v) is 2.08. The molecule has 0 bridgehead atoms. The molecular weight excluding hydrogens is 199 g/mol. The van der Waals surface area contributed by atoms with Crippen LogP contribution in [0.4, 0.5) is 9.18 Å². The summed E-state index contributed by atoms with van der Waals surface area (Å²) in [4.78, 5) is 12.9. The summed E-state index contributed by atoms with van der Waals surface area (Å²) >= 11 is 0. The van der Waals surface area contributed by atoms with Gasteiger partial charge in [0.1, 0.15) is 11.8 Å². The molecule has 1 amide bonds. The molecule has 1 saturated heterocycles. The molecule has 1 aliphatic rings. The number of piperidine rings is 1. The average Bonchev–Trinajstić information content (AvgIpc) is 1.98. The highest BCUT2D eigenvalue weighted by molar-refractivity contribution is 5.68. The largest absolute Gasteiger partial charge is 0.444 e. The number of nitrogens with zero attached hydrogens (tertiary/aromatic N) is 1. The van der Waals surface area contributed by atoms with Crippen LogP contribution in [0.25, 0.3) is 0 Å². The lowest BCUT2D eigenvalue weighted by Gasteiger charge is -2.34. The normalized spacial score (nSPS) is 27.7. The number of carbonyl (C=O) groups excluding carboxylic acids is 1. The number of hydrogen-bond donors (Lipinski definition) is 1. The first-order chi connectivity index (χ1) is 6.78. The van der Waals surface area contributed by atoms with Crippen molar-refractivity contribution in [2.24, 2.45) is 5.73 Å². The number of amides is 1. The zero-order valence-corrected chi connectivity index (χ0v) is 9.50. The van der Waals surface area contributed by atoms with Crippen molar-refractivity contribution in [1.82, 2.24) is 4.90 Å². The lowest BCUT2D eigenvalue weighted by molar-refractivity contribution is 0.0115.